The van der Waals surface area contributed by atoms with Crippen LogP contribution < -0.4 is 14.8 Å². The smallest absolute Gasteiger partial charge is 0.251 e. The Bertz CT molecular complexity index is 756. The van der Waals surface area contributed by atoms with Crippen molar-refractivity contribution in [3.63, 3.8) is 0 Å². The standard InChI is InChI=1S/C22H27NO4/c1-4-9-18-14-19(15-20(25-2)21(18)26-3)22(24)23-12-8-13-27-16-17-10-6-5-7-11-17/h4-7,9-11,14-15H,8,12-13,16H2,1-3H3,(H,23,24)/b9-4+. The first-order valence-electron chi connectivity index (χ1n) is 8.98. The third kappa shape index (κ3) is 6.15. The summed E-state index contributed by atoms with van der Waals surface area (Å²) in [5.74, 6) is 0.996. The highest BCUT2D eigenvalue weighted by atomic mass is 16.5. The second kappa shape index (κ2) is 11.0. The van der Waals surface area contributed by atoms with Gasteiger partial charge in [0.25, 0.3) is 5.91 Å². The molecule has 0 aliphatic heterocycles. The zero-order valence-corrected chi connectivity index (χ0v) is 16.2. The Morgan fingerprint density at radius 2 is 1.89 bits per heavy atom. The number of hydrogen-bond donors (Lipinski definition) is 1. The summed E-state index contributed by atoms with van der Waals surface area (Å²) in [5, 5.41) is 2.92. The van der Waals surface area contributed by atoms with Crippen LogP contribution in [-0.2, 0) is 11.3 Å². The van der Waals surface area contributed by atoms with Crippen molar-refractivity contribution in [2.24, 2.45) is 0 Å². The van der Waals surface area contributed by atoms with Gasteiger partial charge in [-0.05, 0) is 31.0 Å². The average molecular weight is 369 g/mol. The molecule has 0 spiro atoms. The number of ether oxygens (including phenoxy) is 3. The number of benzene rings is 2. The lowest BCUT2D eigenvalue weighted by atomic mass is 10.1. The summed E-state index contributed by atoms with van der Waals surface area (Å²) in [5.41, 5.74) is 2.48. The molecule has 1 amide bonds. The van der Waals surface area contributed by atoms with E-state index in [0.717, 1.165) is 17.5 Å². The molecule has 27 heavy (non-hydrogen) atoms. The molecule has 2 rings (SSSR count). The van der Waals surface area contributed by atoms with E-state index in [4.69, 9.17) is 14.2 Å². The molecule has 1 N–H and O–H groups in total. The zero-order valence-electron chi connectivity index (χ0n) is 16.2. The number of nitrogens with one attached hydrogen (secondary N) is 1. The lowest BCUT2D eigenvalue weighted by molar-refractivity contribution is 0.0934. The largest absolute Gasteiger partial charge is 0.493 e. The predicted molar refractivity (Wildman–Crippen MR) is 107 cm³/mol. The fourth-order valence-electron chi connectivity index (χ4n) is 2.67. The van der Waals surface area contributed by atoms with Gasteiger partial charge in [0.15, 0.2) is 11.5 Å². The molecular formula is C22H27NO4. The van der Waals surface area contributed by atoms with Crippen molar-refractivity contribution in [2.75, 3.05) is 27.4 Å². The highest BCUT2D eigenvalue weighted by Crippen LogP contribution is 2.33. The molecule has 0 unspecified atom stereocenters. The lowest BCUT2D eigenvalue weighted by Gasteiger charge is -2.13. The van der Waals surface area contributed by atoms with Crippen LogP contribution in [0.1, 0.15) is 34.8 Å². The Morgan fingerprint density at radius 1 is 1.11 bits per heavy atom. The number of rotatable bonds is 10. The summed E-state index contributed by atoms with van der Waals surface area (Å²) in [6, 6.07) is 13.5. The molecule has 5 heteroatoms. The van der Waals surface area contributed by atoms with E-state index in [0.29, 0.717) is 36.8 Å². The van der Waals surface area contributed by atoms with Crippen LogP contribution in [0.3, 0.4) is 0 Å². The van der Waals surface area contributed by atoms with Crippen LogP contribution in [0, 0.1) is 0 Å². The number of amides is 1. The highest BCUT2D eigenvalue weighted by molar-refractivity contribution is 5.95. The average Bonchev–Trinajstić information content (AvgIpc) is 2.70. The minimum absolute atomic E-state index is 0.148. The van der Waals surface area contributed by atoms with Crippen molar-refractivity contribution in [1.29, 1.82) is 0 Å². The second-order valence-electron chi connectivity index (χ2n) is 5.95. The van der Waals surface area contributed by atoms with E-state index in [9.17, 15) is 4.79 Å². The van der Waals surface area contributed by atoms with Crippen LogP contribution in [0.25, 0.3) is 6.08 Å². The molecule has 0 atom stereocenters. The molecule has 0 radical (unpaired) electrons. The van der Waals surface area contributed by atoms with Gasteiger partial charge in [0.1, 0.15) is 0 Å². The normalized spacial score (nSPS) is 10.8. The Balaban J connectivity index is 1.85. The summed E-state index contributed by atoms with van der Waals surface area (Å²) in [4.78, 5) is 12.5. The van der Waals surface area contributed by atoms with Gasteiger partial charge in [-0.1, -0.05) is 42.5 Å². The minimum Gasteiger partial charge on any atom is -0.493 e. The summed E-state index contributed by atoms with van der Waals surface area (Å²) in [6.07, 6.45) is 4.52. The molecule has 5 nitrogen and oxygen atoms in total. The molecular weight excluding hydrogens is 342 g/mol. The number of carbonyl (C=O) groups is 1. The van der Waals surface area contributed by atoms with Crippen molar-refractivity contribution in [3.8, 4) is 11.5 Å². The molecule has 0 saturated heterocycles. The summed E-state index contributed by atoms with van der Waals surface area (Å²) < 4.78 is 16.4. The molecule has 0 fully saturated rings. The maximum absolute atomic E-state index is 12.5. The lowest BCUT2D eigenvalue weighted by Crippen LogP contribution is -2.25. The minimum atomic E-state index is -0.148. The van der Waals surface area contributed by atoms with Crippen LogP contribution in [0.15, 0.2) is 48.5 Å². The SMILES string of the molecule is C/C=C/c1cc(C(=O)NCCCOCc2ccccc2)cc(OC)c1OC. The number of methoxy groups -OCH3 is 2. The van der Waals surface area contributed by atoms with Crippen LogP contribution in [0.5, 0.6) is 11.5 Å². The molecule has 0 bridgehead atoms. The molecule has 0 aromatic heterocycles. The van der Waals surface area contributed by atoms with E-state index in [2.05, 4.69) is 5.32 Å². The van der Waals surface area contributed by atoms with Gasteiger partial charge in [-0.15, -0.1) is 0 Å². The van der Waals surface area contributed by atoms with Crippen molar-refractivity contribution >= 4 is 12.0 Å². The van der Waals surface area contributed by atoms with Gasteiger partial charge >= 0.3 is 0 Å². The molecule has 144 valence electrons. The Kier molecular flexibility index (Phi) is 8.39. The van der Waals surface area contributed by atoms with Crippen LogP contribution >= 0.6 is 0 Å². The van der Waals surface area contributed by atoms with Gasteiger partial charge in [-0.3, -0.25) is 4.79 Å². The first kappa shape index (κ1) is 20.5. The van der Waals surface area contributed by atoms with E-state index in [1.165, 1.54) is 0 Å². The van der Waals surface area contributed by atoms with E-state index in [-0.39, 0.29) is 5.91 Å². The molecule has 0 heterocycles. The Morgan fingerprint density at radius 3 is 2.56 bits per heavy atom. The molecule has 0 aliphatic rings. The van der Waals surface area contributed by atoms with Crippen LogP contribution in [-0.4, -0.2) is 33.3 Å². The quantitative estimate of drug-likeness (QED) is 0.641. The van der Waals surface area contributed by atoms with Gasteiger partial charge < -0.3 is 19.5 Å². The molecule has 0 aliphatic carbocycles. The number of allylic oxidation sites excluding steroid dienone is 1. The fourth-order valence-corrected chi connectivity index (χ4v) is 2.67. The Hall–Kier alpha value is -2.79. The van der Waals surface area contributed by atoms with Gasteiger partial charge in [0.05, 0.1) is 20.8 Å². The third-order valence-electron chi connectivity index (χ3n) is 3.98. The van der Waals surface area contributed by atoms with Gasteiger partial charge in [-0.25, -0.2) is 0 Å². The van der Waals surface area contributed by atoms with Gasteiger partial charge in [-0.2, -0.15) is 0 Å². The first-order chi connectivity index (χ1) is 13.2. The predicted octanol–water partition coefficient (Wildman–Crippen LogP) is 4.07. The summed E-state index contributed by atoms with van der Waals surface area (Å²) >= 11 is 0. The van der Waals surface area contributed by atoms with E-state index >= 15 is 0 Å². The molecule has 0 saturated carbocycles. The van der Waals surface area contributed by atoms with Gasteiger partial charge in [0.2, 0.25) is 0 Å². The monoisotopic (exact) mass is 369 g/mol. The third-order valence-corrected chi connectivity index (χ3v) is 3.98. The summed E-state index contributed by atoms with van der Waals surface area (Å²) in [6.45, 7) is 3.62. The topological polar surface area (TPSA) is 56.8 Å². The number of hydrogen-bond acceptors (Lipinski definition) is 4. The van der Waals surface area contributed by atoms with Crippen molar-refractivity contribution in [2.45, 2.75) is 20.0 Å². The zero-order chi connectivity index (χ0) is 19.5. The van der Waals surface area contributed by atoms with Crippen molar-refractivity contribution in [3.05, 3.63) is 65.2 Å². The Labute approximate surface area is 161 Å². The van der Waals surface area contributed by atoms with Crippen LogP contribution in [0.2, 0.25) is 0 Å². The fraction of sp³-hybridized carbons (Fsp3) is 0.318. The van der Waals surface area contributed by atoms with Crippen LogP contribution in [0.4, 0.5) is 0 Å². The first-order valence-corrected chi connectivity index (χ1v) is 8.98. The van der Waals surface area contributed by atoms with Crippen molar-refractivity contribution in [1.82, 2.24) is 5.32 Å². The molecule has 2 aromatic carbocycles. The number of carbonyl (C=O) groups excluding carboxylic acids is 1. The summed E-state index contributed by atoms with van der Waals surface area (Å²) in [7, 11) is 3.14. The van der Waals surface area contributed by atoms with Crippen molar-refractivity contribution < 1.29 is 19.0 Å². The second-order valence-corrected chi connectivity index (χ2v) is 5.95. The highest BCUT2D eigenvalue weighted by Gasteiger charge is 2.14. The van der Waals surface area contributed by atoms with E-state index in [1.807, 2.05) is 49.4 Å². The van der Waals surface area contributed by atoms with E-state index < -0.39 is 0 Å². The van der Waals surface area contributed by atoms with E-state index in [1.54, 1.807) is 26.4 Å². The van der Waals surface area contributed by atoms with Gasteiger partial charge in [0, 0.05) is 24.3 Å². The maximum Gasteiger partial charge on any atom is 0.251 e. The molecule has 2 aromatic rings. The maximum atomic E-state index is 12.5.